The number of esters is 1. The normalized spacial score (nSPS) is 9.90. The summed E-state index contributed by atoms with van der Waals surface area (Å²) in [5.41, 5.74) is 41.3. The van der Waals surface area contributed by atoms with Crippen molar-refractivity contribution in [3.05, 3.63) is 12.7 Å². The average Bonchev–Trinajstić information content (AvgIpc) is 3.14. The van der Waals surface area contributed by atoms with Crippen LogP contribution < -0.4 is 67.1 Å². The number of nitrogens with two attached hydrogens (primary N) is 8. The van der Waals surface area contributed by atoms with Gasteiger partial charge in [-0.3, -0.25) is 19.2 Å². The number of rotatable bonds is 26. The van der Waals surface area contributed by atoms with Crippen molar-refractivity contribution >= 4 is 29.6 Å². The highest BCUT2D eigenvalue weighted by atomic mass is 16.5. The highest BCUT2D eigenvalue weighted by molar-refractivity contribution is 5.81. The van der Waals surface area contributed by atoms with Crippen LogP contribution in [-0.4, -0.2) is 164 Å². The van der Waals surface area contributed by atoms with Crippen molar-refractivity contribution in [2.24, 2.45) is 45.9 Å². The minimum absolute atomic E-state index is 0.108. The highest BCUT2D eigenvalue weighted by Gasteiger charge is 2.15. The molecule has 4 amide bonds. The van der Waals surface area contributed by atoms with Crippen LogP contribution in [0.15, 0.2) is 12.7 Å². The van der Waals surface area contributed by atoms with Gasteiger partial charge in [0.05, 0.1) is 7.11 Å². The topological polar surface area (TPSA) is 357 Å². The van der Waals surface area contributed by atoms with Gasteiger partial charge in [0.15, 0.2) is 0 Å². The quantitative estimate of drug-likeness (QED) is 0.0292. The fraction of sp³-hybridized carbons (Fsp3) is 0.767. The van der Waals surface area contributed by atoms with Gasteiger partial charge in [-0.1, -0.05) is 6.58 Å². The summed E-state index contributed by atoms with van der Waals surface area (Å²) < 4.78 is 4.14. The molecule has 20 heteroatoms. The lowest BCUT2D eigenvalue weighted by atomic mass is 10.2. The maximum atomic E-state index is 12.0. The van der Waals surface area contributed by atoms with E-state index in [-0.39, 0.29) is 49.3 Å². The lowest BCUT2D eigenvalue weighted by molar-refractivity contribution is -0.135. The Hall–Kier alpha value is -3.31. The summed E-state index contributed by atoms with van der Waals surface area (Å²) in [6.07, 6.45) is 2.20. The minimum Gasteiger partial charge on any atom is -0.466 e. The molecule has 20 nitrogen and oxygen atoms in total. The number of amides is 4. The van der Waals surface area contributed by atoms with E-state index in [1.165, 1.54) is 7.11 Å². The lowest BCUT2D eigenvalue weighted by Gasteiger charge is -2.27. The zero-order valence-corrected chi connectivity index (χ0v) is 30.3. The fourth-order valence-electron chi connectivity index (χ4n) is 3.28. The van der Waals surface area contributed by atoms with Crippen LogP contribution >= 0.6 is 0 Å². The maximum absolute atomic E-state index is 12.0. The summed E-state index contributed by atoms with van der Waals surface area (Å²) >= 11 is 0. The third-order valence-corrected chi connectivity index (χ3v) is 5.92. The molecule has 0 aromatic carbocycles. The highest BCUT2D eigenvalue weighted by Crippen LogP contribution is 2.01. The zero-order valence-electron chi connectivity index (χ0n) is 30.3. The van der Waals surface area contributed by atoms with Gasteiger partial charge in [-0.2, -0.15) is 0 Å². The largest absolute Gasteiger partial charge is 0.466 e. The van der Waals surface area contributed by atoms with E-state index in [1.807, 2.05) is 9.80 Å². The van der Waals surface area contributed by atoms with Crippen molar-refractivity contribution in [3.63, 3.8) is 0 Å². The van der Waals surface area contributed by atoms with Gasteiger partial charge in [0.2, 0.25) is 23.6 Å². The molecule has 296 valence electrons. The van der Waals surface area contributed by atoms with Gasteiger partial charge in [-0.25, -0.2) is 4.79 Å². The molecule has 0 saturated carbocycles. The van der Waals surface area contributed by atoms with E-state index in [0.29, 0.717) is 118 Å². The van der Waals surface area contributed by atoms with Crippen molar-refractivity contribution in [2.45, 2.75) is 25.7 Å². The molecule has 0 unspecified atom stereocenters. The standard InChI is InChI=1S/C22H48N10O4.C4H6O2.2C2H8N2/c23-5-9-27-19(33)1-13-31(14-2-20(34)28-10-6-24)17-18-32(15-3-21(35)29-11-7-25)16-4-22(36)30-12-8-26;1-3-4(5)6-2;2*3-1-2-4/h1-18,23-26H2,(H,27,33)(H,28,34)(H,29,35)(H,30,36);3H,1H2,2H3;2*1-4H2. The number of ether oxygens (including phenoxy) is 1. The molecule has 0 aromatic rings. The van der Waals surface area contributed by atoms with Gasteiger partial charge in [0.1, 0.15) is 0 Å². The van der Waals surface area contributed by atoms with Crippen molar-refractivity contribution in [3.8, 4) is 0 Å². The first kappa shape index (κ1) is 53.5. The Morgan fingerprint density at radius 2 is 0.720 bits per heavy atom. The first-order valence-corrected chi connectivity index (χ1v) is 16.8. The van der Waals surface area contributed by atoms with Crippen LogP contribution in [0.3, 0.4) is 0 Å². The molecular formula is C30H70N14O6. The first-order chi connectivity index (χ1) is 24.0. The van der Waals surface area contributed by atoms with Crippen LogP contribution in [0, 0.1) is 0 Å². The molecule has 0 aromatic heterocycles. The summed E-state index contributed by atoms with van der Waals surface area (Å²) in [7, 11) is 1.31. The number of nitrogens with zero attached hydrogens (tertiary/aromatic N) is 2. The number of carbonyl (C=O) groups excluding carboxylic acids is 5. The number of methoxy groups -OCH3 is 1. The molecule has 0 atom stereocenters. The first-order valence-electron chi connectivity index (χ1n) is 16.8. The van der Waals surface area contributed by atoms with Crippen molar-refractivity contribution in [2.75, 3.05) is 125 Å². The number of carbonyl (C=O) groups is 5. The molecule has 0 aliphatic rings. The van der Waals surface area contributed by atoms with Gasteiger partial charge >= 0.3 is 5.97 Å². The summed E-state index contributed by atoms with van der Waals surface area (Å²) in [6, 6.07) is 0. The van der Waals surface area contributed by atoms with Gasteiger partial charge in [0, 0.05) is 150 Å². The van der Waals surface area contributed by atoms with Gasteiger partial charge in [-0.15, -0.1) is 0 Å². The molecular weight excluding hydrogens is 652 g/mol. The van der Waals surface area contributed by atoms with Crippen molar-refractivity contribution in [1.82, 2.24) is 31.1 Å². The second kappa shape index (κ2) is 43.7. The monoisotopic (exact) mass is 723 g/mol. The summed E-state index contributed by atoms with van der Waals surface area (Å²) in [4.78, 5) is 62.1. The van der Waals surface area contributed by atoms with Crippen LogP contribution in [0.5, 0.6) is 0 Å². The number of nitrogens with one attached hydrogen (secondary N) is 4. The molecule has 0 fully saturated rings. The van der Waals surface area contributed by atoms with Crippen LogP contribution in [0.2, 0.25) is 0 Å². The van der Waals surface area contributed by atoms with Gasteiger partial charge < -0.3 is 81.7 Å². The Labute approximate surface area is 298 Å². The van der Waals surface area contributed by atoms with E-state index < -0.39 is 5.97 Å². The minimum atomic E-state index is -0.394. The summed E-state index contributed by atoms with van der Waals surface area (Å²) in [5, 5.41) is 11.0. The van der Waals surface area contributed by atoms with E-state index in [1.54, 1.807) is 0 Å². The Kier molecular flexibility index (Phi) is 46.8. The smallest absolute Gasteiger partial charge is 0.329 e. The van der Waals surface area contributed by atoms with Gasteiger partial charge in [0.25, 0.3) is 0 Å². The van der Waals surface area contributed by atoms with Crippen molar-refractivity contribution in [1.29, 1.82) is 0 Å². The second-order valence-electron chi connectivity index (χ2n) is 10.1. The molecule has 0 heterocycles. The fourth-order valence-corrected chi connectivity index (χ4v) is 3.28. The van der Waals surface area contributed by atoms with Crippen LogP contribution in [0.25, 0.3) is 0 Å². The van der Waals surface area contributed by atoms with E-state index in [4.69, 9.17) is 45.9 Å². The molecule has 0 spiro atoms. The maximum Gasteiger partial charge on any atom is 0.329 e. The molecule has 50 heavy (non-hydrogen) atoms. The predicted octanol–water partition coefficient (Wildman–Crippen LogP) is -6.40. The Bertz CT molecular complexity index is 734. The molecule has 0 saturated heterocycles. The van der Waals surface area contributed by atoms with Crippen LogP contribution in [0.4, 0.5) is 0 Å². The van der Waals surface area contributed by atoms with Crippen molar-refractivity contribution < 1.29 is 28.7 Å². The van der Waals surface area contributed by atoms with E-state index >= 15 is 0 Å². The summed E-state index contributed by atoms with van der Waals surface area (Å²) in [6.45, 7) is 11.6. The Morgan fingerprint density at radius 3 is 0.860 bits per heavy atom. The molecule has 20 N–H and O–H groups in total. The third-order valence-electron chi connectivity index (χ3n) is 5.92. The Morgan fingerprint density at radius 1 is 0.480 bits per heavy atom. The molecule has 0 aliphatic heterocycles. The second-order valence-corrected chi connectivity index (χ2v) is 10.1. The van der Waals surface area contributed by atoms with E-state index in [9.17, 15) is 24.0 Å². The average molecular weight is 723 g/mol. The molecule has 0 aliphatic carbocycles. The van der Waals surface area contributed by atoms with E-state index in [2.05, 4.69) is 32.6 Å². The predicted molar refractivity (Wildman–Crippen MR) is 198 cm³/mol. The molecule has 0 bridgehead atoms. The van der Waals surface area contributed by atoms with Crippen LogP contribution in [-0.2, 0) is 28.7 Å². The van der Waals surface area contributed by atoms with E-state index in [0.717, 1.165) is 6.08 Å². The molecule has 0 radical (unpaired) electrons. The lowest BCUT2D eigenvalue weighted by Crippen LogP contribution is -2.42. The summed E-state index contributed by atoms with van der Waals surface area (Å²) in [5.74, 6) is -0.827. The third kappa shape index (κ3) is 44.7. The molecule has 0 rings (SSSR count). The van der Waals surface area contributed by atoms with Gasteiger partial charge in [-0.05, 0) is 0 Å². The van der Waals surface area contributed by atoms with Crippen LogP contribution in [0.1, 0.15) is 25.7 Å². The SMILES string of the molecule is C=CC(=O)OC.NCCN.NCCN.NCCNC(=O)CCN(CCC(=O)NCCN)CCN(CCC(=O)NCCN)CCC(=O)NCCN. The number of hydrogen-bond donors (Lipinski definition) is 12. The zero-order chi connectivity index (χ0) is 38.8. The number of hydrogen-bond acceptors (Lipinski definition) is 16. The Balaban J connectivity index is -0.000000631.